The largest absolute Gasteiger partial charge is 0.161 e. The second-order valence-corrected chi connectivity index (χ2v) is 4.31. The van der Waals surface area contributed by atoms with E-state index >= 15 is 0 Å². The average Bonchev–Trinajstić information content (AvgIpc) is 2.75. The Morgan fingerprint density at radius 3 is 2.94 bits per heavy atom. The number of aryl methyl sites for hydroxylation is 1. The summed E-state index contributed by atoms with van der Waals surface area (Å²) in [4.78, 5) is 1.68. The van der Waals surface area contributed by atoms with E-state index in [1.807, 2.05) is 37.4 Å². The van der Waals surface area contributed by atoms with Crippen LogP contribution in [0.3, 0.4) is 0 Å². The van der Waals surface area contributed by atoms with Gasteiger partial charge in [0, 0.05) is 10.6 Å². The predicted molar refractivity (Wildman–Crippen MR) is 64.9 cm³/mol. The van der Waals surface area contributed by atoms with Gasteiger partial charge in [0.05, 0.1) is 24.1 Å². The summed E-state index contributed by atoms with van der Waals surface area (Å²) >= 11 is 5.90. The standard InChI is InChI=1S/C11H10ClN5/c1-8-4-5-16(14-8)17-7-9-2-3-10(12)6-11(9)13-15-17/h2-6H,7H2,1H3. The zero-order valence-corrected chi connectivity index (χ0v) is 9.96. The summed E-state index contributed by atoms with van der Waals surface area (Å²) in [6, 6.07) is 7.55. The highest BCUT2D eigenvalue weighted by Gasteiger charge is 2.15. The molecule has 0 radical (unpaired) electrons. The van der Waals surface area contributed by atoms with Crippen LogP contribution in [0, 0.1) is 6.92 Å². The Hall–Kier alpha value is -1.88. The van der Waals surface area contributed by atoms with Gasteiger partial charge in [-0.15, -0.1) is 5.11 Å². The number of aromatic nitrogens is 2. The maximum absolute atomic E-state index is 5.90. The molecule has 0 fully saturated rings. The van der Waals surface area contributed by atoms with E-state index in [4.69, 9.17) is 11.6 Å². The molecule has 1 aromatic carbocycles. The Kier molecular flexibility index (Phi) is 2.33. The van der Waals surface area contributed by atoms with Crippen LogP contribution in [0.4, 0.5) is 5.69 Å². The third-order valence-corrected chi connectivity index (χ3v) is 2.80. The molecule has 3 rings (SSSR count). The summed E-state index contributed by atoms with van der Waals surface area (Å²) in [6.07, 6.45) is 1.86. The second kappa shape index (κ2) is 3.85. The van der Waals surface area contributed by atoms with Gasteiger partial charge in [-0.05, 0) is 30.3 Å². The SMILES string of the molecule is Cc1ccn(N2Cc3ccc(Cl)cc3N=N2)n1. The van der Waals surface area contributed by atoms with E-state index in [0.717, 1.165) is 16.9 Å². The van der Waals surface area contributed by atoms with E-state index in [2.05, 4.69) is 15.4 Å². The molecule has 2 aromatic rings. The van der Waals surface area contributed by atoms with Gasteiger partial charge in [0.25, 0.3) is 0 Å². The lowest BCUT2D eigenvalue weighted by atomic mass is 10.2. The van der Waals surface area contributed by atoms with Crippen molar-refractivity contribution < 1.29 is 0 Å². The molecule has 0 unspecified atom stereocenters. The smallest absolute Gasteiger partial charge is 0.0941 e. The zero-order chi connectivity index (χ0) is 11.8. The summed E-state index contributed by atoms with van der Waals surface area (Å²) in [7, 11) is 0. The number of rotatable bonds is 1. The first-order valence-electron chi connectivity index (χ1n) is 5.22. The molecular weight excluding hydrogens is 238 g/mol. The van der Waals surface area contributed by atoms with Crippen LogP contribution in [-0.4, -0.2) is 9.89 Å². The van der Waals surface area contributed by atoms with Gasteiger partial charge in [0.15, 0.2) is 0 Å². The van der Waals surface area contributed by atoms with E-state index in [1.165, 1.54) is 0 Å². The van der Waals surface area contributed by atoms with Crippen molar-refractivity contribution in [3.05, 3.63) is 46.7 Å². The van der Waals surface area contributed by atoms with E-state index in [1.54, 1.807) is 9.91 Å². The van der Waals surface area contributed by atoms with Crippen molar-refractivity contribution in [3.63, 3.8) is 0 Å². The van der Waals surface area contributed by atoms with Crippen LogP contribution < -0.4 is 5.12 Å². The Balaban J connectivity index is 1.94. The summed E-state index contributed by atoms with van der Waals surface area (Å²) in [5.74, 6) is 0. The molecule has 5 nitrogen and oxygen atoms in total. The summed E-state index contributed by atoms with van der Waals surface area (Å²) < 4.78 is 0. The van der Waals surface area contributed by atoms with Crippen molar-refractivity contribution >= 4 is 17.3 Å². The van der Waals surface area contributed by atoms with Gasteiger partial charge in [0.1, 0.15) is 0 Å². The highest BCUT2D eigenvalue weighted by atomic mass is 35.5. The summed E-state index contributed by atoms with van der Waals surface area (Å²) in [5, 5.41) is 14.9. The number of hydrogen-bond donors (Lipinski definition) is 0. The quantitative estimate of drug-likeness (QED) is 0.778. The van der Waals surface area contributed by atoms with Gasteiger partial charge in [-0.1, -0.05) is 17.7 Å². The zero-order valence-electron chi connectivity index (χ0n) is 9.21. The van der Waals surface area contributed by atoms with Gasteiger partial charge in [0.2, 0.25) is 0 Å². The molecule has 1 aliphatic heterocycles. The molecule has 0 spiro atoms. The topological polar surface area (TPSA) is 45.8 Å². The molecule has 0 aliphatic carbocycles. The minimum absolute atomic E-state index is 0.636. The van der Waals surface area contributed by atoms with Crippen LogP contribution in [0.25, 0.3) is 0 Å². The first kappa shape index (κ1) is 10.3. The van der Waals surface area contributed by atoms with Gasteiger partial charge >= 0.3 is 0 Å². The highest BCUT2D eigenvalue weighted by molar-refractivity contribution is 6.30. The van der Waals surface area contributed by atoms with Crippen molar-refractivity contribution in [2.75, 3.05) is 5.12 Å². The Morgan fingerprint density at radius 1 is 1.29 bits per heavy atom. The number of fused-ring (bicyclic) bond motifs is 1. The molecule has 0 saturated heterocycles. The Labute approximate surface area is 103 Å². The fourth-order valence-electron chi connectivity index (χ4n) is 1.69. The molecule has 0 N–H and O–H groups in total. The molecule has 86 valence electrons. The fraction of sp³-hybridized carbons (Fsp3) is 0.182. The molecule has 1 aromatic heterocycles. The first-order chi connectivity index (χ1) is 8.22. The Morgan fingerprint density at radius 2 is 2.18 bits per heavy atom. The Bertz CT molecular complexity index is 589. The lowest BCUT2D eigenvalue weighted by Gasteiger charge is -2.21. The molecule has 1 aliphatic rings. The monoisotopic (exact) mass is 247 g/mol. The third kappa shape index (κ3) is 1.89. The third-order valence-electron chi connectivity index (χ3n) is 2.56. The molecule has 17 heavy (non-hydrogen) atoms. The molecule has 0 saturated carbocycles. The minimum atomic E-state index is 0.636. The van der Waals surface area contributed by atoms with E-state index in [-0.39, 0.29) is 0 Å². The van der Waals surface area contributed by atoms with Crippen LogP contribution in [0.15, 0.2) is 40.8 Å². The van der Waals surface area contributed by atoms with Gasteiger partial charge in [-0.3, -0.25) is 0 Å². The van der Waals surface area contributed by atoms with Crippen molar-refractivity contribution in [2.45, 2.75) is 13.5 Å². The lowest BCUT2D eigenvalue weighted by Crippen LogP contribution is -2.30. The van der Waals surface area contributed by atoms with E-state index in [9.17, 15) is 0 Å². The predicted octanol–water partition coefficient (Wildman–Crippen LogP) is 3.00. The molecule has 0 atom stereocenters. The van der Waals surface area contributed by atoms with Crippen LogP contribution in [0.5, 0.6) is 0 Å². The summed E-state index contributed by atoms with van der Waals surface area (Å²) in [6.45, 7) is 2.57. The molecule has 2 heterocycles. The molecule has 6 heteroatoms. The van der Waals surface area contributed by atoms with Gasteiger partial charge in [-0.2, -0.15) is 15.0 Å². The maximum atomic E-state index is 5.90. The average molecular weight is 248 g/mol. The lowest BCUT2D eigenvalue weighted by molar-refractivity contribution is 0.512. The first-order valence-corrected chi connectivity index (χ1v) is 5.60. The normalized spacial score (nSPS) is 13.9. The van der Waals surface area contributed by atoms with Crippen molar-refractivity contribution in [2.24, 2.45) is 10.3 Å². The van der Waals surface area contributed by atoms with Gasteiger partial charge < -0.3 is 0 Å². The summed E-state index contributed by atoms with van der Waals surface area (Å²) in [5.41, 5.74) is 2.84. The molecular formula is C11H10ClN5. The number of halogens is 1. The van der Waals surface area contributed by atoms with Gasteiger partial charge in [-0.25, -0.2) is 0 Å². The minimum Gasteiger partial charge on any atom is -0.161 e. The van der Waals surface area contributed by atoms with E-state index < -0.39 is 0 Å². The number of hydrogen-bond acceptors (Lipinski definition) is 4. The number of benzene rings is 1. The number of nitrogens with zero attached hydrogens (tertiary/aromatic N) is 5. The fourth-order valence-corrected chi connectivity index (χ4v) is 1.86. The van der Waals surface area contributed by atoms with Crippen molar-refractivity contribution in [1.29, 1.82) is 0 Å². The van der Waals surface area contributed by atoms with Crippen molar-refractivity contribution in [3.8, 4) is 0 Å². The maximum Gasteiger partial charge on any atom is 0.0941 e. The van der Waals surface area contributed by atoms with Crippen LogP contribution >= 0.6 is 11.6 Å². The van der Waals surface area contributed by atoms with Crippen LogP contribution in [0.2, 0.25) is 5.02 Å². The van der Waals surface area contributed by atoms with Crippen molar-refractivity contribution in [1.82, 2.24) is 9.89 Å². The van der Waals surface area contributed by atoms with E-state index in [0.29, 0.717) is 11.6 Å². The molecule has 0 bridgehead atoms. The van der Waals surface area contributed by atoms with Crippen LogP contribution in [0.1, 0.15) is 11.3 Å². The highest BCUT2D eigenvalue weighted by Crippen LogP contribution is 2.28. The van der Waals surface area contributed by atoms with Crippen LogP contribution in [-0.2, 0) is 6.54 Å². The second-order valence-electron chi connectivity index (χ2n) is 3.87. The molecule has 0 amide bonds.